The summed E-state index contributed by atoms with van der Waals surface area (Å²) in [4.78, 5) is 2.68. The second-order valence-corrected chi connectivity index (χ2v) is 10.9. The summed E-state index contributed by atoms with van der Waals surface area (Å²) in [5, 5.41) is 0. The van der Waals surface area contributed by atoms with E-state index in [1.54, 1.807) is 34.6 Å². The van der Waals surface area contributed by atoms with Gasteiger partial charge in [0.25, 0.3) is 0 Å². The van der Waals surface area contributed by atoms with Crippen LogP contribution in [0.5, 0.6) is 11.5 Å². The molecule has 33 heavy (non-hydrogen) atoms. The second-order valence-electron chi connectivity index (χ2n) is 9.01. The van der Waals surface area contributed by atoms with Crippen molar-refractivity contribution in [2.75, 3.05) is 33.3 Å². The number of likely N-dealkylation sites (tertiary alicyclic amines) is 1. The van der Waals surface area contributed by atoms with Crippen LogP contribution in [0.3, 0.4) is 0 Å². The highest BCUT2D eigenvalue weighted by atomic mass is 32.2. The van der Waals surface area contributed by atoms with Crippen LogP contribution in [0.25, 0.3) is 0 Å². The largest absolute Gasteiger partial charge is 0.495 e. The Balaban J connectivity index is 1.33. The Hall–Kier alpha value is -2.16. The smallest absolute Gasteiger partial charge is 0.246 e. The van der Waals surface area contributed by atoms with Crippen LogP contribution in [0.2, 0.25) is 0 Å². The highest BCUT2D eigenvalue weighted by Crippen LogP contribution is 2.32. The van der Waals surface area contributed by atoms with Crippen LogP contribution in [0.15, 0.2) is 41.3 Å². The first kappa shape index (κ1) is 24.0. The molecule has 2 aromatic rings. The Bertz CT molecular complexity index is 1080. The third kappa shape index (κ3) is 5.18. The van der Waals surface area contributed by atoms with E-state index >= 15 is 0 Å². The van der Waals surface area contributed by atoms with Gasteiger partial charge in [-0.1, -0.05) is 12.1 Å². The summed E-state index contributed by atoms with van der Waals surface area (Å²) in [5.41, 5.74) is 1.94. The predicted molar refractivity (Wildman–Crippen MR) is 126 cm³/mol. The topological polar surface area (TPSA) is 59.1 Å². The molecule has 2 aromatic carbocycles. The molecule has 0 spiro atoms. The number of ether oxygens (including phenoxy) is 2. The molecule has 0 atom stereocenters. The van der Waals surface area contributed by atoms with Crippen molar-refractivity contribution in [3.63, 3.8) is 0 Å². The van der Waals surface area contributed by atoms with Gasteiger partial charge >= 0.3 is 0 Å². The lowest BCUT2D eigenvalue weighted by atomic mass is 10.00. The summed E-state index contributed by atoms with van der Waals surface area (Å²) < 4.78 is 53.4. The highest BCUT2D eigenvalue weighted by Gasteiger charge is 2.35. The molecule has 0 N–H and O–H groups in total. The number of piperidine rings is 2. The predicted octanol–water partition coefficient (Wildman–Crippen LogP) is 4.15. The molecule has 2 aliphatic heterocycles. The molecule has 0 saturated carbocycles. The van der Waals surface area contributed by atoms with E-state index in [0.717, 1.165) is 49.9 Å². The van der Waals surface area contributed by atoms with Gasteiger partial charge < -0.3 is 14.4 Å². The van der Waals surface area contributed by atoms with Gasteiger partial charge in [-0.25, -0.2) is 12.8 Å². The van der Waals surface area contributed by atoms with Crippen LogP contribution in [-0.2, 0) is 10.0 Å². The first-order chi connectivity index (χ1) is 15.8. The maximum Gasteiger partial charge on any atom is 0.246 e. The standard InChI is InChI=1S/C25H33FN2O4S/c1-18-16-24(31-3)25(17-19(18)2)33(29,30)28-14-8-20(9-15-28)27-12-10-21(11-13-27)32-23-7-5-4-6-22(23)26/h4-7,16-17,20-21H,8-15H2,1-3H3. The molecule has 2 aliphatic rings. The van der Waals surface area contributed by atoms with Crippen LogP contribution in [0.1, 0.15) is 36.8 Å². The van der Waals surface area contributed by atoms with E-state index in [1.165, 1.54) is 13.2 Å². The molecular weight excluding hydrogens is 443 g/mol. The van der Waals surface area contributed by atoms with E-state index in [1.807, 2.05) is 13.8 Å². The molecule has 0 amide bonds. The minimum absolute atomic E-state index is 0.0101. The third-order valence-corrected chi connectivity index (χ3v) is 8.86. The summed E-state index contributed by atoms with van der Waals surface area (Å²) in [6.45, 7) is 6.61. The molecule has 180 valence electrons. The monoisotopic (exact) mass is 476 g/mol. The fourth-order valence-electron chi connectivity index (χ4n) is 4.79. The zero-order valence-electron chi connectivity index (χ0n) is 19.6. The van der Waals surface area contributed by atoms with Gasteiger partial charge in [-0.05, 0) is 74.9 Å². The van der Waals surface area contributed by atoms with Gasteiger partial charge in [-0.2, -0.15) is 4.31 Å². The molecule has 4 rings (SSSR count). The van der Waals surface area contributed by atoms with E-state index in [4.69, 9.17) is 9.47 Å². The number of para-hydroxylation sites is 1. The van der Waals surface area contributed by atoms with E-state index < -0.39 is 10.0 Å². The summed E-state index contributed by atoms with van der Waals surface area (Å²) in [6, 6.07) is 10.4. The van der Waals surface area contributed by atoms with Crippen molar-refractivity contribution in [1.82, 2.24) is 9.21 Å². The van der Waals surface area contributed by atoms with Gasteiger partial charge in [0.1, 0.15) is 16.7 Å². The molecule has 2 fully saturated rings. The number of rotatable bonds is 6. The van der Waals surface area contributed by atoms with Crippen LogP contribution >= 0.6 is 0 Å². The highest BCUT2D eigenvalue weighted by molar-refractivity contribution is 7.89. The second kappa shape index (κ2) is 9.99. The van der Waals surface area contributed by atoms with Gasteiger partial charge in [0.05, 0.1) is 7.11 Å². The Morgan fingerprint density at radius 2 is 1.55 bits per heavy atom. The molecule has 0 unspecified atom stereocenters. The molecule has 0 radical (unpaired) electrons. The summed E-state index contributed by atoms with van der Waals surface area (Å²) >= 11 is 0. The molecule has 0 bridgehead atoms. The average molecular weight is 477 g/mol. The fraction of sp³-hybridized carbons (Fsp3) is 0.520. The van der Waals surface area contributed by atoms with Crippen molar-refractivity contribution in [3.05, 3.63) is 53.3 Å². The zero-order valence-corrected chi connectivity index (χ0v) is 20.4. The number of nitrogens with zero attached hydrogens (tertiary/aromatic N) is 2. The normalized spacial score (nSPS) is 19.5. The lowest BCUT2D eigenvalue weighted by Gasteiger charge is -2.41. The lowest BCUT2D eigenvalue weighted by molar-refractivity contribution is 0.0567. The van der Waals surface area contributed by atoms with Crippen LogP contribution in [0, 0.1) is 19.7 Å². The van der Waals surface area contributed by atoms with Crippen molar-refractivity contribution in [1.29, 1.82) is 0 Å². The summed E-state index contributed by atoms with van der Waals surface area (Å²) in [5.74, 6) is 0.391. The van der Waals surface area contributed by atoms with Gasteiger partial charge in [-0.15, -0.1) is 0 Å². The average Bonchev–Trinajstić information content (AvgIpc) is 2.82. The van der Waals surface area contributed by atoms with Gasteiger partial charge in [0, 0.05) is 32.2 Å². The molecule has 0 aromatic heterocycles. The summed E-state index contributed by atoms with van der Waals surface area (Å²) in [7, 11) is -2.10. The molecule has 0 aliphatic carbocycles. The SMILES string of the molecule is COc1cc(C)c(C)cc1S(=O)(=O)N1CCC(N2CCC(Oc3ccccc3F)CC2)CC1. The number of benzene rings is 2. The van der Waals surface area contributed by atoms with E-state index in [-0.39, 0.29) is 16.8 Å². The van der Waals surface area contributed by atoms with Crippen LogP contribution in [-0.4, -0.2) is 63.1 Å². The minimum atomic E-state index is -3.61. The van der Waals surface area contributed by atoms with Crippen molar-refractivity contribution >= 4 is 10.0 Å². The maximum absolute atomic E-state index is 13.9. The van der Waals surface area contributed by atoms with Crippen molar-refractivity contribution < 1.29 is 22.3 Å². The van der Waals surface area contributed by atoms with Gasteiger partial charge in [0.15, 0.2) is 11.6 Å². The van der Waals surface area contributed by atoms with Crippen molar-refractivity contribution in [3.8, 4) is 11.5 Å². The van der Waals surface area contributed by atoms with E-state index in [2.05, 4.69) is 4.90 Å². The first-order valence-electron chi connectivity index (χ1n) is 11.6. The van der Waals surface area contributed by atoms with Gasteiger partial charge in [0.2, 0.25) is 10.0 Å². The Morgan fingerprint density at radius 1 is 0.909 bits per heavy atom. The maximum atomic E-state index is 13.9. The van der Waals surface area contributed by atoms with Crippen LogP contribution < -0.4 is 9.47 Å². The molecule has 2 saturated heterocycles. The number of sulfonamides is 1. The van der Waals surface area contributed by atoms with E-state index in [9.17, 15) is 12.8 Å². The summed E-state index contributed by atoms with van der Waals surface area (Å²) in [6.07, 6.45) is 3.28. The fourth-order valence-corrected chi connectivity index (χ4v) is 6.48. The number of methoxy groups -OCH3 is 1. The van der Waals surface area contributed by atoms with Crippen molar-refractivity contribution in [2.24, 2.45) is 0 Å². The first-order valence-corrected chi connectivity index (χ1v) is 13.0. The van der Waals surface area contributed by atoms with Crippen LogP contribution in [0.4, 0.5) is 4.39 Å². The Morgan fingerprint density at radius 3 is 2.18 bits per heavy atom. The Labute approximate surface area is 196 Å². The molecule has 8 heteroatoms. The quantitative estimate of drug-likeness (QED) is 0.627. The van der Waals surface area contributed by atoms with Gasteiger partial charge in [-0.3, -0.25) is 0 Å². The number of halogens is 1. The van der Waals surface area contributed by atoms with E-state index in [0.29, 0.717) is 30.6 Å². The molecule has 2 heterocycles. The Kier molecular flexibility index (Phi) is 7.26. The zero-order chi connectivity index (χ0) is 23.6. The third-order valence-electron chi connectivity index (χ3n) is 6.94. The lowest BCUT2D eigenvalue weighted by Crippen LogP contribution is -2.50. The molecule has 6 nitrogen and oxygen atoms in total. The minimum Gasteiger partial charge on any atom is -0.495 e. The number of hydrogen-bond acceptors (Lipinski definition) is 5. The number of aryl methyl sites for hydroxylation is 2. The molecular formula is C25H33FN2O4S. The van der Waals surface area contributed by atoms with Crippen molar-refractivity contribution in [2.45, 2.75) is 56.6 Å². The number of hydrogen-bond donors (Lipinski definition) is 0.